The van der Waals surface area contributed by atoms with Crippen LogP contribution in [0.25, 0.3) is 23.4 Å². The van der Waals surface area contributed by atoms with E-state index in [1.165, 1.54) is 11.8 Å². The first kappa shape index (κ1) is 24.9. The summed E-state index contributed by atoms with van der Waals surface area (Å²) in [7, 11) is 0. The van der Waals surface area contributed by atoms with Crippen molar-refractivity contribution in [2.45, 2.75) is 12.5 Å². The average molecular weight is 444 g/mol. The Morgan fingerprint density at radius 1 is 1.23 bits per heavy atom. The summed E-state index contributed by atoms with van der Waals surface area (Å²) in [6.45, 7) is 0. The summed E-state index contributed by atoms with van der Waals surface area (Å²) in [5.41, 5.74) is 2.91. The summed E-state index contributed by atoms with van der Waals surface area (Å²) in [6.07, 6.45) is 11.2. The average Bonchev–Trinajstić information content (AvgIpc) is 3.29. The number of nitrogens with one attached hydrogen (secondary N) is 1. The van der Waals surface area contributed by atoms with Gasteiger partial charge in [-0.05, 0) is 53.3 Å². The summed E-state index contributed by atoms with van der Waals surface area (Å²) in [5, 5.41) is 14.0. The number of aromatic nitrogens is 2. The van der Waals surface area contributed by atoms with E-state index in [0.717, 1.165) is 16.7 Å². The Hall–Kier alpha value is -2.32. The molecule has 6 nitrogen and oxygen atoms in total. The van der Waals surface area contributed by atoms with Crippen LogP contribution in [0.4, 0.5) is 0 Å². The van der Waals surface area contributed by atoms with Crippen LogP contribution < -0.4 is 40.0 Å². The zero-order valence-corrected chi connectivity index (χ0v) is 20.3. The van der Waals surface area contributed by atoms with Gasteiger partial charge >= 0.3 is 29.6 Å². The van der Waals surface area contributed by atoms with Crippen LogP contribution in [0.2, 0.25) is 0 Å². The number of carbonyl (C=O) groups excluding carboxylic acids is 2. The number of aliphatic carboxylic acids is 1. The van der Waals surface area contributed by atoms with Crippen molar-refractivity contribution in [3.05, 3.63) is 78.4 Å². The molecule has 1 atom stereocenters. The predicted molar refractivity (Wildman–Crippen MR) is 119 cm³/mol. The first-order valence-electron chi connectivity index (χ1n) is 9.44. The fourth-order valence-corrected chi connectivity index (χ4v) is 3.44. The number of benzene rings is 2. The quantitative estimate of drug-likeness (QED) is 0.463. The van der Waals surface area contributed by atoms with Gasteiger partial charge in [0, 0.05) is 24.2 Å². The molecule has 3 rings (SSSR count). The van der Waals surface area contributed by atoms with E-state index >= 15 is 0 Å². The Bertz CT molecular complexity index is 1020. The zero-order chi connectivity index (χ0) is 21.3. The number of carboxylic acids is 1. The Morgan fingerprint density at radius 3 is 2.65 bits per heavy atom. The number of amides is 1. The summed E-state index contributed by atoms with van der Waals surface area (Å²) >= 11 is 1.52. The Kier molecular flexibility index (Phi) is 10.1. The van der Waals surface area contributed by atoms with E-state index in [1.807, 2.05) is 71.8 Å². The molecule has 0 aliphatic rings. The molecular formula is C23H22N3NaO3S. The number of nitrogens with zero attached hydrogens (tertiary/aromatic N) is 2. The van der Waals surface area contributed by atoms with Gasteiger partial charge in [0.1, 0.15) is 0 Å². The van der Waals surface area contributed by atoms with Crippen LogP contribution in [0.1, 0.15) is 22.3 Å². The molecule has 0 fully saturated rings. The number of carbonyl (C=O) groups is 2. The van der Waals surface area contributed by atoms with Crippen molar-refractivity contribution in [3.63, 3.8) is 0 Å². The van der Waals surface area contributed by atoms with Gasteiger partial charge in [-0.3, -0.25) is 4.79 Å². The van der Waals surface area contributed by atoms with Gasteiger partial charge < -0.3 is 19.8 Å². The third-order valence-corrected chi connectivity index (χ3v) is 5.18. The first-order valence-corrected chi connectivity index (χ1v) is 10.8. The molecular weight excluding hydrogens is 421 g/mol. The molecule has 1 N–H and O–H groups in total. The van der Waals surface area contributed by atoms with Gasteiger partial charge in [0.25, 0.3) is 5.91 Å². The van der Waals surface area contributed by atoms with Crippen LogP contribution in [0, 0.1) is 0 Å². The molecule has 1 amide bonds. The van der Waals surface area contributed by atoms with Crippen LogP contribution in [0.5, 0.6) is 0 Å². The van der Waals surface area contributed by atoms with E-state index < -0.39 is 17.9 Å². The molecule has 1 heterocycles. The van der Waals surface area contributed by atoms with E-state index in [-0.39, 0.29) is 29.6 Å². The molecule has 8 heteroatoms. The third kappa shape index (κ3) is 7.11. The molecule has 0 radical (unpaired) electrons. The summed E-state index contributed by atoms with van der Waals surface area (Å²) in [5.74, 6) is -1.10. The summed E-state index contributed by atoms with van der Waals surface area (Å²) in [4.78, 5) is 28.4. The monoisotopic (exact) mass is 443 g/mol. The number of carboxylic acid groups (broad SMARTS) is 1. The Labute approximate surface area is 208 Å². The largest absolute Gasteiger partial charge is 1.00 e. The second kappa shape index (κ2) is 12.5. The maximum Gasteiger partial charge on any atom is 1.00 e. The van der Waals surface area contributed by atoms with E-state index in [0.29, 0.717) is 17.7 Å². The van der Waals surface area contributed by atoms with Crippen LogP contribution in [-0.4, -0.2) is 39.5 Å². The van der Waals surface area contributed by atoms with Gasteiger partial charge in [-0.25, -0.2) is 4.98 Å². The maximum absolute atomic E-state index is 12.9. The molecule has 0 bridgehead atoms. The molecule has 3 aromatic rings. The minimum atomic E-state index is -1.28. The summed E-state index contributed by atoms with van der Waals surface area (Å²) < 4.78 is 1.82. The Morgan fingerprint density at radius 2 is 2.00 bits per heavy atom. The zero-order valence-electron chi connectivity index (χ0n) is 17.5. The number of imidazole rings is 1. The number of hydrogen-bond donors (Lipinski definition) is 1. The van der Waals surface area contributed by atoms with Crippen molar-refractivity contribution in [1.82, 2.24) is 14.9 Å². The van der Waals surface area contributed by atoms with Crippen LogP contribution in [-0.2, 0) is 4.79 Å². The van der Waals surface area contributed by atoms with Crippen LogP contribution >= 0.6 is 11.8 Å². The predicted octanol–water partition coefficient (Wildman–Crippen LogP) is -0.217. The fourth-order valence-electron chi connectivity index (χ4n) is 2.97. The van der Waals surface area contributed by atoms with Gasteiger partial charge in [-0.2, -0.15) is 11.8 Å². The van der Waals surface area contributed by atoms with Gasteiger partial charge in [-0.15, -0.1) is 0 Å². The smallest absolute Gasteiger partial charge is 0.548 e. The van der Waals surface area contributed by atoms with Crippen molar-refractivity contribution < 1.29 is 44.3 Å². The van der Waals surface area contributed by atoms with Crippen molar-refractivity contribution in [1.29, 1.82) is 0 Å². The molecule has 0 aliphatic heterocycles. The van der Waals surface area contributed by atoms with E-state index in [4.69, 9.17) is 0 Å². The second-order valence-electron chi connectivity index (χ2n) is 6.62. The molecule has 154 valence electrons. The molecule has 0 saturated heterocycles. The maximum atomic E-state index is 12.9. The first-order chi connectivity index (χ1) is 14.6. The van der Waals surface area contributed by atoms with E-state index in [2.05, 4.69) is 10.3 Å². The third-order valence-electron chi connectivity index (χ3n) is 4.54. The number of hydrogen-bond acceptors (Lipinski definition) is 5. The minimum absolute atomic E-state index is 0. The molecule has 1 aromatic heterocycles. The van der Waals surface area contributed by atoms with Crippen molar-refractivity contribution in [3.8, 4) is 11.1 Å². The van der Waals surface area contributed by atoms with Crippen LogP contribution in [0.3, 0.4) is 0 Å². The second-order valence-corrected chi connectivity index (χ2v) is 7.61. The Balaban J connectivity index is 0.00000341. The molecule has 0 spiro atoms. The normalized spacial score (nSPS) is 11.6. The molecule has 2 aromatic carbocycles. The van der Waals surface area contributed by atoms with Crippen molar-refractivity contribution in [2.75, 3.05) is 12.0 Å². The van der Waals surface area contributed by atoms with Gasteiger partial charge in [0.2, 0.25) is 0 Å². The van der Waals surface area contributed by atoms with E-state index in [9.17, 15) is 14.7 Å². The number of thioether (sulfide) groups is 1. The molecule has 0 saturated carbocycles. The van der Waals surface area contributed by atoms with Crippen molar-refractivity contribution >= 4 is 35.9 Å². The standard InChI is InChI=1S/C23H23N3O3S.Na/c1-30-14-10-21(23(28)29)25-22(27)19-8-7-17(9-12-26-13-11-24-16-26)15-20(19)18-5-3-2-4-6-18;/h2-9,11-13,15-16,21H,10,14H2,1H3,(H,25,27)(H,28,29);/q;+1/p-1/b12-9+;/t21-;/m0./s1. The van der Waals surface area contributed by atoms with Gasteiger partial charge in [0.15, 0.2) is 0 Å². The molecule has 0 aliphatic carbocycles. The fraction of sp³-hybridized carbons (Fsp3) is 0.174. The van der Waals surface area contributed by atoms with Crippen LogP contribution in [0.15, 0.2) is 67.3 Å². The topological polar surface area (TPSA) is 87.0 Å². The summed E-state index contributed by atoms with van der Waals surface area (Å²) in [6, 6.07) is 13.9. The van der Waals surface area contributed by atoms with Gasteiger partial charge in [-0.1, -0.05) is 36.4 Å². The minimum Gasteiger partial charge on any atom is -0.548 e. The van der Waals surface area contributed by atoms with Crippen molar-refractivity contribution in [2.24, 2.45) is 0 Å². The molecule has 0 unspecified atom stereocenters. The number of rotatable bonds is 9. The molecule has 31 heavy (non-hydrogen) atoms. The van der Waals surface area contributed by atoms with Gasteiger partial charge in [0.05, 0.1) is 18.3 Å². The van der Waals surface area contributed by atoms with E-state index in [1.54, 1.807) is 18.6 Å². The SMILES string of the molecule is CSCC[C@H](NC(=O)c1ccc(/C=C/n2ccnc2)cc1-c1ccccc1)C(=O)[O-].[Na+].